The Hall–Kier alpha value is -2.40. The van der Waals surface area contributed by atoms with Crippen LogP contribution in [0.5, 0.6) is 0 Å². The highest BCUT2D eigenvalue weighted by molar-refractivity contribution is 6.01. The summed E-state index contributed by atoms with van der Waals surface area (Å²) in [4.78, 5) is 16.5. The molecule has 0 saturated heterocycles. The molecule has 1 amide bonds. The van der Waals surface area contributed by atoms with Gasteiger partial charge in [0.2, 0.25) is 5.91 Å². The minimum atomic E-state index is -0.590. The molecule has 1 heterocycles. The highest BCUT2D eigenvalue weighted by Gasteiger charge is 2.20. The fraction of sp³-hybridized carbons (Fsp3) is 0.250. The van der Waals surface area contributed by atoms with Crippen molar-refractivity contribution >= 4 is 17.3 Å². The predicted octanol–water partition coefficient (Wildman–Crippen LogP) is 2.25. The van der Waals surface area contributed by atoms with Crippen molar-refractivity contribution < 1.29 is 4.79 Å². The number of aromatic nitrogens is 1. The lowest BCUT2D eigenvalue weighted by atomic mass is 10.0. The Morgan fingerprint density at radius 2 is 1.86 bits per heavy atom. The maximum Gasteiger partial charge on any atom is 0.241 e. The van der Waals surface area contributed by atoms with Gasteiger partial charge in [0.1, 0.15) is 0 Å². The summed E-state index contributed by atoms with van der Waals surface area (Å²) >= 11 is 0. The van der Waals surface area contributed by atoms with E-state index in [1.807, 2.05) is 44.2 Å². The minimum absolute atomic E-state index is 0.0445. The Bertz CT molecular complexity index is 625. The second-order valence-electron chi connectivity index (χ2n) is 5.25. The van der Waals surface area contributed by atoms with E-state index in [-0.39, 0.29) is 11.8 Å². The molecule has 2 aromatic rings. The lowest BCUT2D eigenvalue weighted by Gasteiger charge is -2.18. The van der Waals surface area contributed by atoms with Crippen LogP contribution in [0.4, 0.5) is 11.4 Å². The van der Waals surface area contributed by atoms with Crippen LogP contribution >= 0.6 is 0 Å². The van der Waals surface area contributed by atoms with Crippen molar-refractivity contribution in [3.05, 3.63) is 42.6 Å². The average Bonchev–Trinajstić information content (AvgIpc) is 2.49. The van der Waals surface area contributed by atoms with Gasteiger partial charge in [0.05, 0.1) is 23.1 Å². The van der Waals surface area contributed by atoms with Crippen LogP contribution in [-0.4, -0.2) is 16.9 Å². The SMILES string of the molecule is CC(C)C(N)C(=O)Nc1c(N)ccnc1-c1ccccc1. The number of carbonyl (C=O) groups excluding carboxylic acids is 1. The largest absolute Gasteiger partial charge is 0.397 e. The minimum Gasteiger partial charge on any atom is -0.397 e. The number of hydrogen-bond donors (Lipinski definition) is 3. The fourth-order valence-electron chi connectivity index (χ4n) is 1.93. The molecule has 0 spiro atoms. The Morgan fingerprint density at radius 1 is 1.19 bits per heavy atom. The van der Waals surface area contributed by atoms with Crippen molar-refractivity contribution in [3.8, 4) is 11.3 Å². The van der Waals surface area contributed by atoms with E-state index in [0.717, 1.165) is 5.56 Å². The van der Waals surface area contributed by atoms with E-state index in [4.69, 9.17) is 11.5 Å². The fourth-order valence-corrected chi connectivity index (χ4v) is 1.93. The zero-order valence-electron chi connectivity index (χ0n) is 12.2. The zero-order chi connectivity index (χ0) is 15.4. The molecule has 0 aliphatic carbocycles. The van der Waals surface area contributed by atoms with Gasteiger partial charge in [0.15, 0.2) is 0 Å². The summed E-state index contributed by atoms with van der Waals surface area (Å²) in [5.74, 6) is -0.218. The number of anilines is 2. The molecule has 110 valence electrons. The van der Waals surface area contributed by atoms with Crippen LogP contribution in [0.15, 0.2) is 42.6 Å². The predicted molar refractivity (Wildman–Crippen MR) is 85.5 cm³/mol. The Kier molecular flexibility index (Phi) is 4.55. The smallest absolute Gasteiger partial charge is 0.241 e. The van der Waals surface area contributed by atoms with Crippen LogP contribution in [0.3, 0.4) is 0 Å². The van der Waals surface area contributed by atoms with Gasteiger partial charge in [-0.25, -0.2) is 0 Å². The van der Waals surface area contributed by atoms with E-state index in [2.05, 4.69) is 10.3 Å². The highest BCUT2D eigenvalue weighted by Crippen LogP contribution is 2.30. The summed E-state index contributed by atoms with van der Waals surface area (Å²) in [7, 11) is 0. The molecular weight excluding hydrogens is 264 g/mol. The van der Waals surface area contributed by atoms with Crippen LogP contribution in [0, 0.1) is 5.92 Å². The summed E-state index contributed by atoms with van der Waals surface area (Å²) < 4.78 is 0. The third-order valence-electron chi connectivity index (χ3n) is 3.30. The molecule has 5 N–H and O–H groups in total. The average molecular weight is 284 g/mol. The van der Waals surface area contributed by atoms with Crippen molar-refractivity contribution in [2.45, 2.75) is 19.9 Å². The van der Waals surface area contributed by atoms with E-state index in [1.54, 1.807) is 12.3 Å². The molecule has 1 atom stereocenters. The Labute approximate surface area is 124 Å². The molecule has 5 nitrogen and oxygen atoms in total. The monoisotopic (exact) mass is 284 g/mol. The van der Waals surface area contributed by atoms with Crippen LogP contribution in [0.1, 0.15) is 13.8 Å². The molecule has 0 radical (unpaired) electrons. The summed E-state index contributed by atoms with van der Waals surface area (Å²) in [6.45, 7) is 3.80. The van der Waals surface area contributed by atoms with Gasteiger partial charge in [-0.05, 0) is 12.0 Å². The number of rotatable bonds is 4. The molecule has 0 fully saturated rings. The third kappa shape index (κ3) is 3.38. The second kappa shape index (κ2) is 6.37. The van der Waals surface area contributed by atoms with E-state index < -0.39 is 6.04 Å². The van der Waals surface area contributed by atoms with Crippen molar-refractivity contribution in [2.24, 2.45) is 11.7 Å². The number of nitrogens with one attached hydrogen (secondary N) is 1. The number of pyridine rings is 1. The molecule has 0 saturated carbocycles. The van der Waals surface area contributed by atoms with Crippen molar-refractivity contribution in [1.29, 1.82) is 0 Å². The van der Waals surface area contributed by atoms with Crippen LogP contribution in [0.2, 0.25) is 0 Å². The quantitative estimate of drug-likeness (QED) is 0.802. The van der Waals surface area contributed by atoms with Crippen molar-refractivity contribution in [1.82, 2.24) is 4.98 Å². The molecule has 21 heavy (non-hydrogen) atoms. The van der Waals surface area contributed by atoms with E-state index in [0.29, 0.717) is 17.1 Å². The standard InChI is InChI=1S/C16H20N4O/c1-10(2)13(18)16(21)20-15-12(17)8-9-19-14(15)11-6-4-3-5-7-11/h3-10,13H,18H2,1-2H3,(H2,17,19)(H,20,21). The number of nitrogens with zero attached hydrogens (tertiary/aromatic N) is 1. The number of nitrogen functional groups attached to an aromatic ring is 1. The van der Waals surface area contributed by atoms with E-state index in [9.17, 15) is 4.79 Å². The lowest BCUT2D eigenvalue weighted by Crippen LogP contribution is -2.40. The second-order valence-corrected chi connectivity index (χ2v) is 5.25. The summed E-state index contributed by atoms with van der Waals surface area (Å²) in [6, 6.07) is 10.6. The number of amides is 1. The highest BCUT2D eigenvalue weighted by atomic mass is 16.2. The van der Waals surface area contributed by atoms with Crippen molar-refractivity contribution in [2.75, 3.05) is 11.1 Å². The normalized spacial score (nSPS) is 12.2. The van der Waals surface area contributed by atoms with Gasteiger partial charge >= 0.3 is 0 Å². The molecule has 0 bridgehead atoms. The maximum absolute atomic E-state index is 12.2. The van der Waals surface area contributed by atoms with Gasteiger partial charge in [0, 0.05) is 11.8 Å². The van der Waals surface area contributed by atoms with Gasteiger partial charge in [-0.2, -0.15) is 0 Å². The first-order chi connectivity index (χ1) is 10.0. The Balaban J connectivity index is 2.38. The number of nitrogens with two attached hydrogens (primary N) is 2. The topological polar surface area (TPSA) is 94.0 Å². The molecule has 1 aromatic heterocycles. The molecule has 1 unspecified atom stereocenters. The molecule has 2 rings (SSSR count). The summed E-state index contributed by atoms with van der Waals surface area (Å²) in [6.07, 6.45) is 1.62. The molecule has 1 aromatic carbocycles. The number of carbonyl (C=O) groups is 1. The molecule has 5 heteroatoms. The maximum atomic E-state index is 12.2. The first-order valence-corrected chi connectivity index (χ1v) is 6.87. The zero-order valence-corrected chi connectivity index (χ0v) is 12.2. The van der Waals surface area contributed by atoms with E-state index >= 15 is 0 Å². The van der Waals surface area contributed by atoms with Gasteiger partial charge < -0.3 is 16.8 Å². The summed E-state index contributed by atoms with van der Waals surface area (Å²) in [5.41, 5.74) is 14.4. The molecule has 0 aliphatic heterocycles. The van der Waals surface area contributed by atoms with Crippen LogP contribution in [-0.2, 0) is 4.79 Å². The van der Waals surface area contributed by atoms with Gasteiger partial charge in [-0.15, -0.1) is 0 Å². The van der Waals surface area contributed by atoms with Crippen LogP contribution in [0.25, 0.3) is 11.3 Å². The van der Waals surface area contributed by atoms with E-state index in [1.165, 1.54) is 0 Å². The third-order valence-corrected chi connectivity index (χ3v) is 3.30. The first-order valence-electron chi connectivity index (χ1n) is 6.87. The number of hydrogen-bond acceptors (Lipinski definition) is 4. The Morgan fingerprint density at radius 3 is 2.48 bits per heavy atom. The van der Waals surface area contributed by atoms with Crippen LogP contribution < -0.4 is 16.8 Å². The molecular formula is C16H20N4O. The number of benzene rings is 1. The molecule has 0 aliphatic rings. The van der Waals surface area contributed by atoms with Gasteiger partial charge in [-0.1, -0.05) is 44.2 Å². The van der Waals surface area contributed by atoms with Gasteiger partial charge in [0.25, 0.3) is 0 Å². The summed E-state index contributed by atoms with van der Waals surface area (Å²) in [5, 5.41) is 2.81. The first kappa shape index (κ1) is 15.0. The lowest BCUT2D eigenvalue weighted by molar-refractivity contribution is -0.118. The van der Waals surface area contributed by atoms with Crippen molar-refractivity contribution in [3.63, 3.8) is 0 Å². The van der Waals surface area contributed by atoms with Gasteiger partial charge in [-0.3, -0.25) is 9.78 Å².